The van der Waals surface area contributed by atoms with Gasteiger partial charge in [-0.3, -0.25) is 3.15 Å². The topological polar surface area (TPSA) is 52.8 Å². The molecule has 38 heavy (non-hydrogen) atoms. The van der Waals surface area contributed by atoms with Gasteiger partial charge in [-0.25, -0.2) is 0 Å². The van der Waals surface area contributed by atoms with Crippen LogP contribution >= 0.6 is 21.0 Å². The normalized spacial score (nSPS) is 14.5. The predicted molar refractivity (Wildman–Crippen MR) is 173 cm³/mol. The molecule has 4 heteroatoms. The molecule has 0 unspecified atom stereocenters. The van der Waals surface area contributed by atoms with Gasteiger partial charge in [-0.1, -0.05) is 79.7 Å². The van der Waals surface area contributed by atoms with Crippen molar-refractivity contribution in [3.05, 3.63) is 59.7 Å². The van der Waals surface area contributed by atoms with Crippen LogP contribution in [0.4, 0.5) is 0 Å². The summed E-state index contributed by atoms with van der Waals surface area (Å²) in [7, 11) is 0. The quantitative estimate of drug-likeness (QED) is 0.180. The first-order chi connectivity index (χ1) is 17.0. The number of halogens is 1. The minimum Gasteiger partial charge on any atom is -0.508 e. The van der Waals surface area contributed by atoms with E-state index < -0.39 is 0 Å². The van der Waals surface area contributed by atoms with Crippen LogP contribution in [0, 0.1) is 10.8 Å². The van der Waals surface area contributed by atoms with Crippen LogP contribution in [0.5, 0.6) is 11.5 Å². The summed E-state index contributed by atoms with van der Waals surface area (Å²) in [5.41, 5.74) is 2.86. The Morgan fingerprint density at radius 3 is 1.24 bits per heavy atom. The fourth-order valence-corrected chi connectivity index (χ4v) is 9.82. The van der Waals surface area contributed by atoms with E-state index >= 15 is 0 Å². The average molecular weight is 636 g/mol. The molecule has 0 fully saturated rings. The molecule has 0 saturated heterocycles. The van der Waals surface area contributed by atoms with Crippen LogP contribution in [0.25, 0.3) is 0 Å². The van der Waals surface area contributed by atoms with E-state index in [2.05, 4.69) is 107 Å². The Hall–Kier alpha value is -1.43. The number of alkyl halides is 1. The third-order valence-electron chi connectivity index (χ3n) is 7.45. The van der Waals surface area contributed by atoms with Gasteiger partial charge >= 0.3 is 0 Å². The Labute approximate surface area is 244 Å². The van der Waals surface area contributed by atoms with Crippen LogP contribution in [0.2, 0.25) is 0 Å². The van der Waals surface area contributed by atoms with Gasteiger partial charge in [-0.15, -0.1) is 0 Å². The molecule has 2 aromatic rings. The van der Waals surface area contributed by atoms with E-state index in [1.165, 1.54) is 11.1 Å². The number of hydrogen-bond acceptors (Lipinski definition) is 3. The van der Waals surface area contributed by atoms with E-state index in [4.69, 9.17) is 3.15 Å². The van der Waals surface area contributed by atoms with E-state index in [-0.39, 0.29) is 51.7 Å². The molecule has 0 amide bonds. The standard InChI is InChI=1S/C34H54INO2/c1-29(2,21-31(5,6)25-13-17-27(37)18-14-25)23-33(9,10)35-36-34(11,12)24-30(3,4)22-32(7,8)26-15-19-28(38)20-16-26/h13-20,37-38H,21-24H2,1-12H3. The molecule has 0 bridgehead atoms. The lowest BCUT2D eigenvalue weighted by Gasteiger charge is -2.40. The molecular formula is C34H54INO2. The zero-order valence-corrected chi connectivity index (χ0v) is 28.3. The summed E-state index contributed by atoms with van der Waals surface area (Å²) in [6.45, 7) is 28.3. The van der Waals surface area contributed by atoms with Crippen molar-refractivity contribution in [2.24, 2.45) is 14.0 Å². The highest BCUT2D eigenvalue weighted by Crippen LogP contribution is 2.47. The number of phenols is 2. The minimum atomic E-state index is -0.353. The zero-order chi connectivity index (χ0) is 29.2. The van der Waals surface area contributed by atoms with Crippen LogP contribution < -0.4 is 0 Å². The van der Waals surface area contributed by atoms with Crippen LogP contribution in [0.15, 0.2) is 51.7 Å². The maximum atomic E-state index is 9.70. The molecule has 0 aromatic heterocycles. The molecular weight excluding hydrogens is 581 g/mol. The van der Waals surface area contributed by atoms with Crippen molar-refractivity contribution in [3.8, 4) is 11.5 Å². The van der Waals surface area contributed by atoms with Crippen LogP contribution in [-0.2, 0) is 10.8 Å². The van der Waals surface area contributed by atoms with E-state index in [0.29, 0.717) is 11.5 Å². The third-order valence-corrected chi connectivity index (χ3v) is 10.7. The van der Waals surface area contributed by atoms with Gasteiger partial charge in [0.15, 0.2) is 0 Å². The second-order valence-corrected chi connectivity index (χ2v) is 19.5. The monoisotopic (exact) mass is 635 g/mol. The van der Waals surface area contributed by atoms with E-state index in [1.807, 2.05) is 0 Å². The van der Waals surface area contributed by atoms with Crippen molar-refractivity contribution in [2.45, 2.75) is 129 Å². The second-order valence-electron chi connectivity index (χ2n) is 15.6. The Bertz CT molecular complexity index is 987. The number of nitrogens with zero attached hydrogens (tertiary/aromatic N) is 1. The van der Waals surface area contributed by atoms with Gasteiger partial charge in [0.1, 0.15) is 11.5 Å². The Kier molecular flexibility index (Phi) is 10.00. The first-order valence-corrected chi connectivity index (χ1v) is 16.0. The fraction of sp³-hybridized carbons (Fsp3) is 0.647. The Morgan fingerprint density at radius 2 is 0.868 bits per heavy atom. The van der Waals surface area contributed by atoms with Gasteiger partial charge in [0.25, 0.3) is 0 Å². The number of rotatable bonds is 12. The van der Waals surface area contributed by atoms with Crippen molar-refractivity contribution in [2.75, 3.05) is 0 Å². The minimum absolute atomic E-state index is 0.0237. The van der Waals surface area contributed by atoms with Gasteiger partial charge in [0, 0.05) is 3.42 Å². The molecule has 214 valence electrons. The highest BCUT2D eigenvalue weighted by molar-refractivity contribution is 14.2. The lowest BCUT2D eigenvalue weighted by atomic mass is 9.67. The second kappa shape index (κ2) is 11.6. The van der Waals surface area contributed by atoms with E-state index in [1.54, 1.807) is 24.3 Å². The van der Waals surface area contributed by atoms with E-state index in [0.717, 1.165) is 25.7 Å². The lowest BCUT2D eigenvalue weighted by Crippen LogP contribution is -2.33. The largest absolute Gasteiger partial charge is 0.508 e. The molecule has 0 heterocycles. The van der Waals surface area contributed by atoms with Crippen molar-refractivity contribution in [1.82, 2.24) is 0 Å². The summed E-state index contributed by atoms with van der Waals surface area (Å²) < 4.78 is 5.63. The maximum absolute atomic E-state index is 9.70. The number of benzene rings is 2. The predicted octanol–water partition coefficient (Wildman–Crippen LogP) is 10.7. The number of aromatic hydroxyl groups is 2. The molecule has 2 aromatic carbocycles. The molecule has 0 spiro atoms. The van der Waals surface area contributed by atoms with Crippen molar-refractivity contribution < 1.29 is 10.2 Å². The molecule has 0 aliphatic carbocycles. The maximum Gasteiger partial charge on any atom is 0.115 e. The van der Waals surface area contributed by atoms with Crippen LogP contribution in [0.1, 0.15) is 120 Å². The summed E-state index contributed by atoms with van der Waals surface area (Å²) >= 11 is -0.353. The molecule has 0 radical (unpaired) electrons. The van der Waals surface area contributed by atoms with Gasteiger partial charge < -0.3 is 10.2 Å². The molecule has 3 nitrogen and oxygen atoms in total. The van der Waals surface area contributed by atoms with E-state index in [9.17, 15) is 10.2 Å². The number of hydrogen-bond donors (Lipinski definition) is 2. The molecule has 2 N–H and O–H groups in total. The highest BCUT2D eigenvalue weighted by atomic mass is 127. The summed E-state index contributed by atoms with van der Waals surface area (Å²) in [5.74, 6) is 0.647. The molecule has 0 saturated carbocycles. The summed E-state index contributed by atoms with van der Waals surface area (Å²) in [5, 5.41) is 19.4. The SMILES string of the molecule is CC(C)(CC(C)(C)N=IC(C)(C)CC(C)(C)CC(C)(C)c1ccc(O)cc1)CC(C)(C)c1ccc(O)cc1. The summed E-state index contributed by atoms with van der Waals surface area (Å²) in [6.07, 6.45) is 4.34. The average Bonchev–Trinajstić information content (AvgIpc) is 2.70. The Morgan fingerprint density at radius 1 is 0.526 bits per heavy atom. The van der Waals surface area contributed by atoms with Crippen LogP contribution in [0.3, 0.4) is 0 Å². The first-order valence-electron chi connectivity index (χ1n) is 14.0. The first kappa shape index (κ1) is 32.8. The molecule has 0 aliphatic heterocycles. The fourth-order valence-electron chi connectivity index (χ4n) is 7.14. The Balaban J connectivity index is 2.08. The zero-order valence-electron chi connectivity index (χ0n) is 26.2. The van der Waals surface area contributed by atoms with Gasteiger partial charge in [-0.2, -0.15) is 0 Å². The van der Waals surface area contributed by atoms with Gasteiger partial charge in [0.2, 0.25) is 0 Å². The lowest BCUT2D eigenvalue weighted by molar-refractivity contribution is 0.199. The third kappa shape index (κ3) is 10.3. The summed E-state index contributed by atoms with van der Waals surface area (Å²) in [6, 6.07) is 15.4. The van der Waals surface area contributed by atoms with Crippen LogP contribution in [-0.4, -0.2) is 19.2 Å². The molecule has 0 atom stereocenters. The number of phenolic OH excluding ortho intramolecular Hbond substituents is 2. The van der Waals surface area contributed by atoms with Gasteiger partial charge in [-0.05, 0) is 131 Å². The summed E-state index contributed by atoms with van der Waals surface area (Å²) in [4.78, 5) is 0. The molecule has 2 rings (SSSR count). The molecule has 0 aliphatic rings. The van der Waals surface area contributed by atoms with Crippen molar-refractivity contribution >= 4 is 21.0 Å². The van der Waals surface area contributed by atoms with Gasteiger partial charge in [0.05, 0.1) is 5.54 Å². The van der Waals surface area contributed by atoms with Crippen molar-refractivity contribution in [1.29, 1.82) is 0 Å². The highest BCUT2D eigenvalue weighted by Gasteiger charge is 2.37. The van der Waals surface area contributed by atoms with Crippen molar-refractivity contribution in [3.63, 3.8) is 0 Å². The smallest absolute Gasteiger partial charge is 0.115 e.